The molecule has 260 valence electrons. The summed E-state index contributed by atoms with van der Waals surface area (Å²) in [5, 5.41) is 33.3. The normalized spacial score (nSPS) is 14.0. The second-order valence-electron chi connectivity index (χ2n) is 13.1. The number of amides is 1. The molecule has 0 aliphatic heterocycles. The SMILES string of the molecule is CCCCCCCCCCC/C=C/CC/C=C/CCCC(O)C(O)C(CO)NC(=O)CCCCCCCCCCCCCC. The molecule has 5 nitrogen and oxygen atoms in total. The summed E-state index contributed by atoms with van der Waals surface area (Å²) < 4.78 is 0. The van der Waals surface area contributed by atoms with Crippen LogP contribution in [-0.2, 0) is 4.79 Å². The molecule has 0 fully saturated rings. The fraction of sp³-hybridized carbons (Fsp3) is 0.872. The Labute approximate surface area is 273 Å². The van der Waals surface area contributed by atoms with Gasteiger partial charge in [0, 0.05) is 6.42 Å². The van der Waals surface area contributed by atoms with E-state index in [1.807, 2.05) is 0 Å². The van der Waals surface area contributed by atoms with E-state index in [4.69, 9.17) is 0 Å². The Morgan fingerprint density at radius 3 is 1.39 bits per heavy atom. The van der Waals surface area contributed by atoms with Crippen LogP contribution in [0, 0.1) is 0 Å². The zero-order chi connectivity index (χ0) is 32.4. The van der Waals surface area contributed by atoms with Gasteiger partial charge in [-0.05, 0) is 51.4 Å². The molecule has 44 heavy (non-hydrogen) atoms. The number of hydrogen-bond donors (Lipinski definition) is 4. The van der Waals surface area contributed by atoms with E-state index in [-0.39, 0.29) is 12.5 Å². The highest BCUT2D eigenvalue weighted by Crippen LogP contribution is 2.14. The van der Waals surface area contributed by atoms with Gasteiger partial charge in [0.2, 0.25) is 5.91 Å². The van der Waals surface area contributed by atoms with Gasteiger partial charge in [-0.15, -0.1) is 0 Å². The molecule has 3 atom stereocenters. The molecule has 0 saturated heterocycles. The van der Waals surface area contributed by atoms with Crippen LogP contribution in [0.2, 0.25) is 0 Å². The molecule has 5 heteroatoms. The summed E-state index contributed by atoms with van der Waals surface area (Å²) in [6.45, 7) is 4.14. The number of rotatable bonds is 34. The van der Waals surface area contributed by atoms with Gasteiger partial charge in [0.15, 0.2) is 0 Å². The molecule has 3 unspecified atom stereocenters. The summed E-state index contributed by atoms with van der Waals surface area (Å²) >= 11 is 0. The van der Waals surface area contributed by atoms with Crippen molar-refractivity contribution in [2.75, 3.05) is 6.61 Å². The lowest BCUT2D eigenvalue weighted by Crippen LogP contribution is -2.50. The van der Waals surface area contributed by atoms with E-state index >= 15 is 0 Å². The molecule has 0 aromatic rings. The summed E-state index contributed by atoms with van der Waals surface area (Å²) in [7, 11) is 0. The molecular weight excluding hydrogens is 546 g/mol. The standard InChI is InChI=1S/C39H75NO4/c1-3-5-7-9-11-13-15-17-18-19-20-21-22-23-25-27-29-31-33-37(42)39(44)36(35-41)40-38(43)34-32-30-28-26-24-16-14-12-10-8-6-4-2/h20-21,25,27,36-37,39,41-42,44H,3-19,22-24,26,28-35H2,1-2H3,(H,40,43)/b21-20+,27-25+. The minimum Gasteiger partial charge on any atom is -0.394 e. The largest absolute Gasteiger partial charge is 0.394 e. The van der Waals surface area contributed by atoms with Gasteiger partial charge in [-0.3, -0.25) is 4.79 Å². The van der Waals surface area contributed by atoms with Crippen LogP contribution in [0.4, 0.5) is 0 Å². The number of unbranched alkanes of at least 4 members (excludes halogenated alkanes) is 22. The maximum absolute atomic E-state index is 12.3. The Hall–Kier alpha value is -1.17. The van der Waals surface area contributed by atoms with Crippen molar-refractivity contribution in [3.63, 3.8) is 0 Å². The van der Waals surface area contributed by atoms with E-state index in [1.165, 1.54) is 122 Å². The summed E-state index contributed by atoms with van der Waals surface area (Å²) in [6, 6.07) is -0.826. The molecule has 0 aromatic heterocycles. The van der Waals surface area contributed by atoms with Crippen LogP contribution in [0.3, 0.4) is 0 Å². The summed E-state index contributed by atoms with van der Waals surface area (Å²) in [6.07, 6.45) is 39.9. The molecule has 0 rings (SSSR count). The molecule has 0 aliphatic carbocycles. The minimum absolute atomic E-state index is 0.160. The molecule has 0 radical (unpaired) electrons. The van der Waals surface area contributed by atoms with Crippen molar-refractivity contribution < 1.29 is 20.1 Å². The Balaban J connectivity index is 3.75. The number of carbonyl (C=O) groups excluding carboxylic acids is 1. The third-order valence-electron chi connectivity index (χ3n) is 8.79. The second-order valence-corrected chi connectivity index (χ2v) is 13.1. The van der Waals surface area contributed by atoms with E-state index in [0.717, 1.165) is 44.9 Å². The van der Waals surface area contributed by atoms with Crippen molar-refractivity contribution in [2.45, 2.75) is 212 Å². The zero-order valence-electron chi connectivity index (χ0n) is 29.3. The van der Waals surface area contributed by atoms with Crippen LogP contribution in [0.5, 0.6) is 0 Å². The van der Waals surface area contributed by atoms with Gasteiger partial charge in [0.1, 0.15) is 6.10 Å². The molecule has 0 aromatic carbocycles. The molecule has 0 aliphatic rings. The van der Waals surface area contributed by atoms with Gasteiger partial charge in [-0.1, -0.05) is 160 Å². The lowest BCUT2D eigenvalue weighted by atomic mass is 10.0. The number of hydrogen-bond acceptors (Lipinski definition) is 4. The number of aliphatic hydroxyl groups is 3. The number of allylic oxidation sites excluding steroid dienone is 4. The number of nitrogens with one attached hydrogen (secondary N) is 1. The molecule has 0 heterocycles. The maximum atomic E-state index is 12.3. The number of aliphatic hydroxyl groups excluding tert-OH is 3. The van der Waals surface area contributed by atoms with Crippen molar-refractivity contribution in [2.24, 2.45) is 0 Å². The van der Waals surface area contributed by atoms with Crippen molar-refractivity contribution in [1.82, 2.24) is 5.32 Å². The predicted molar refractivity (Wildman–Crippen MR) is 190 cm³/mol. The van der Waals surface area contributed by atoms with E-state index < -0.39 is 18.2 Å². The second kappa shape index (κ2) is 34.7. The lowest BCUT2D eigenvalue weighted by molar-refractivity contribution is -0.124. The third kappa shape index (κ3) is 29.5. The Bertz CT molecular complexity index is 650. The minimum atomic E-state index is -1.16. The first-order chi connectivity index (χ1) is 21.6. The zero-order valence-corrected chi connectivity index (χ0v) is 29.3. The molecular formula is C39H75NO4. The van der Waals surface area contributed by atoms with Crippen molar-refractivity contribution in [3.8, 4) is 0 Å². The van der Waals surface area contributed by atoms with Crippen molar-refractivity contribution >= 4 is 5.91 Å². The first-order valence-corrected chi connectivity index (χ1v) is 19.1. The third-order valence-corrected chi connectivity index (χ3v) is 8.79. The Morgan fingerprint density at radius 2 is 0.932 bits per heavy atom. The molecule has 1 amide bonds. The average molecular weight is 622 g/mol. The monoisotopic (exact) mass is 622 g/mol. The molecule has 0 saturated carbocycles. The van der Waals surface area contributed by atoms with Crippen LogP contribution >= 0.6 is 0 Å². The lowest BCUT2D eigenvalue weighted by Gasteiger charge is -2.26. The summed E-state index contributed by atoms with van der Waals surface area (Å²) in [5.74, 6) is -0.160. The highest BCUT2D eigenvalue weighted by Gasteiger charge is 2.26. The quantitative estimate of drug-likeness (QED) is 0.0425. The van der Waals surface area contributed by atoms with Crippen molar-refractivity contribution in [1.29, 1.82) is 0 Å². The first kappa shape index (κ1) is 42.8. The maximum Gasteiger partial charge on any atom is 0.220 e. The van der Waals surface area contributed by atoms with Crippen molar-refractivity contribution in [3.05, 3.63) is 24.3 Å². The van der Waals surface area contributed by atoms with Crippen LogP contribution in [0.25, 0.3) is 0 Å². The van der Waals surface area contributed by atoms with Crippen LogP contribution in [0.1, 0.15) is 194 Å². The summed E-state index contributed by atoms with van der Waals surface area (Å²) in [5.41, 5.74) is 0. The molecule has 0 bridgehead atoms. The Morgan fingerprint density at radius 1 is 0.545 bits per heavy atom. The molecule has 0 spiro atoms. The fourth-order valence-electron chi connectivity index (χ4n) is 5.76. The topological polar surface area (TPSA) is 89.8 Å². The number of carbonyl (C=O) groups is 1. The summed E-state index contributed by atoms with van der Waals surface area (Å²) in [4.78, 5) is 12.3. The van der Waals surface area contributed by atoms with E-state index in [2.05, 4.69) is 43.5 Å². The van der Waals surface area contributed by atoms with Gasteiger partial charge in [-0.2, -0.15) is 0 Å². The van der Waals surface area contributed by atoms with Gasteiger partial charge in [-0.25, -0.2) is 0 Å². The predicted octanol–water partition coefficient (Wildman–Crippen LogP) is 10.3. The van der Waals surface area contributed by atoms with Crippen LogP contribution < -0.4 is 5.32 Å². The first-order valence-electron chi connectivity index (χ1n) is 19.1. The van der Waals surface area contributed by atoms with Gasteiger partial charge in [0.25, 0.3) is 0 Å². The van der Waals surface area contributed by atoms with E-state index in [1.54, 1.807) is 0 Å². The van der Waals surface area contributed by atoms with Gasteiger partial charge >= 0.3 is 0 Å². The average Bonchev–Trinajstić information content (AvgIpc) is 3.03. The highest BCUT2D eigenvalue weighted by atomic mass is 16.3. The van der Waals surface area contributed by atoms with Gasteiger partial charge in [0.05, 0.1) is 18.8 Å². The van der Waals surface area contributed by atoms with E-state index in [0.29, 0.717) is 12.8 Å². The van der Waals surface area contributed by atoms with Crippen LogP contribution in [-0.4, -0.2) is 46.1 Å². The van der Waals surface area contributed by atoms with Crippen LogP contribution in [0.15, 0.2) is 24.3 Å². The smallest absolute Gasteiger partial charge is 0.220 e. The highest BCUT2D eigenvalue weighted by molar-refractivity contribution is 5.76. The molecule has 4 N–H and O–H groups in total. The van der Waals surface area contributed by atoms with E-state index in [9.17, 15) is 20.1 Å². The Kier molecular flexibility index (Phi) is 33.8. The fourth-order valence-corrected chi connectivity index (χ4v) is 5.76. The van der Waals surface area contributed by atoms with Gasteiger partial charge < -0.3 is 20.6 Å².